The molecule has 1 aliphatic carbocycles. The molecule has 17 heavy (non-hydrogen) atoms. The zero-order valence-corrected chi connectivity index (χ0v) is 11.1. The molecule has 1 aliphatic rings. The minimum Gasteiger partial charge on any atom is -0.352 e. The molecule has 4 nitrogen and oxygen atoms in total. The maximum absolute atomic E-state index is 12.2. The van der Waals surface area contributed by atoms with Crippen LogP contribution in [0.2, 0.25) is 0 Å². The van der Waals surface area contributed by atoms with Crippen LogP contribution in [0.3, 0.4) is 0 Å². The molecule has 1 rings (SSSR count). The van der Waals surface area contributed by atoms with Crippen molar-refractivity contribution in [1.29, 1.82) is 0 Å². The molecule has 0 aliphatic heterocycles. The van der Waals surface area contributed by atoms with Crippen molar-refractivity contribution < 1.29 is 9.59 Å². The fourth-order valence-corrected chi connectivity index (χ4v) is 2.15. The van der Waals surface area contributed by atoms with Crippen molar-refractivity contribution in [2.45, 2.75) is 58.2 Å². The third-order valence-corrected chi connectivity index (χ3v) is 2.96. The number of hydrogen-bond donors (Lipinski definition) is 1. The average Bonchev–Trinajstić information content (AvgIpc) is 2.97. The van der Waals surface area contributed by atoms with E-state index in [2.05, 4.69) is 11.9 Å². The van der Waals surface area contributed by atoms with Crippen LogP contribution in [0.15, 0.2) is 12.7 Å². The lowest BCUT2D eigenvalue weighted by atomic mass is 10.1. The molecule has 0 aromatic heterocycles. The first-order valence-corrected chi connectivity index (χ1v) is 6.12. The molecule has 0 atom stereocenters. The third-order valence-electron chi connectivity index (χ3n) is 2.96. The third kappa shape index (κ3) is 2.68. The molecule has 0 aromatic carbocycles. The molecule has 1 N–H and O–H groups in total. The number of amides is 2. The van der Waals surface area contributed by atoms with Crippen LogP contribution in [-0.2, 0) is 9.59 Å². The van der Waals surface area contributed by atoms with Crippen molar-refractivity contribution in [2.24, 2.45) is 0 Å². The van der Waals surface area contributed by atoms with Gasteiger partial charge in [-0.15, -0.1) is 0 Å². The quantitative estimate of drug-likeness (QED) is 0.737. The SMILES string of the molecule is C=CC(=O)N(C(C)C)C1(C(=O)NC(C)C)CC1. The number of carbonyl (C=O) groups is 2. The topological polar surface area (TPSA) is 49.4 Å². The normalized spacial score (nSPS) is 16.8. The highest BCUT2D eigenvalue weighted by Crippen LogP contribution is 2.43. The maximum Gasteiger partial charge on any atom is 0.247 e. The van der Waals surface area contributed by atoms with E-state index in [0.717, 1.165) is 12.8 Å². The molecule has 1 fully saturated rings. The zero-order chi connectivity index (χ0) is 13.2. The Balaban J connectivity index is 2.90. The first kappa shape index (κ1) is 13.7. The molecule has 4 heteroatoms. The average molecular weight is 238 g/mol. The summed E-state index contributed by atoms with van der Waals surface area (Å²) >= 11 is 0. The highest BCUT2D eigenvalue weighted by Gasteiger charge is 2.56. The van der Waals surface area contributed by atoms with Crippen molar-refractivity contribution in [3.8, 4) is 0 Å². The van der Waals surface area contributed by atoms with Crippen LogP contribution in [0.5, 0.6) is 0 Å². The maximum atomic E-state index is 12.2. The Morgan fingerprint density at radius 1 is 1.29 bits per heavy atom. The van der Waals surface area contributed by atoms with E-state index in [1.807, 2.05) is 27.7 Å². The lowest BCUT2D eigenvalue weighted by Crippen LogP contribution is -2.55. The minimum atomic E-state index is -0.635. The van der Waals surface area contributed by atoms with Crippen LogP contribution in [-0.4, -0.2) is 34.3 Å². The van der Waals surface area contributed by atoms with Gasteiger partial charge in [0.05, 0.1) is 0 Å². The first-order chi connectivity index (χ1) is 7.85. The largest absolute Gasteiger partial charge is 0.352 e. The number of hydrogen-bond acceptors (Lipinski definition) is 2. The lowest BCUT2D eigenvalue weighted by Gasteiger charge is -2.34. The molecule has 0 aromatic rings. The predicted octanol–water partition coefficient (Wildman–Crippen LogP) is 1.47. The van der Waals surface area contributed by atoms with Crippen LogP contribution in [0.25, 0.3) is 0 Å². The van der Waals surface area contributed by atoms with Gasteiger partial charge in [-0.3, -0.25) is 9.59 Å². The standard InChI is InChI=1S/C13H22N2O2/c1-6-11(16)15(10(4)5)13(7-8-13)12(17)14-9(2)3/h6,9-10H,1,7-8H2,2-5H3,(H,14,17). The van der Waals surface area contributed by atoms with Gasteiger partial charge in [0.15, 0.2) is 0 Å². The zero-order valence-electron chi connectivity index (χ0n) is 11.1. The first-order valence-electron chi connectivity index (χ1n) is 6.12. The second kappa shape index (κ2) is 4.90. The summed E-state index contributed by atoms with van der Waals surface area (Å²) in [5.74, 6) is -0.215. The van der Waals surface area contributed by atoms with Crippen LogP contribution in [0.1, 0.15) is 40.5 Å². The summed E-state index contributed by atoms with van der Waals surface area (Å²) in [7, 11) is 0. The lowest BCUT2D eigenvalue weighted by molar-refractivity contribution is -0.141. The van der Waals surface area contributed by atoms with Gasteiger partial charge >= 0.3 is 0 Å². The Morgan fingerprint density at radius 3 is 2.12 bits per heavy atom. The van der Waals surface area contributed by atoms with Gasteiger partial charge in [-0.2, -0.15) is 0 Å². The summed E-state index contributed by atoms with van der Waals surface area (Å²) in [6, 6.07) is 0.0914. The van der Waals surface area contributed by atoms with E-state index in [1.54, 1.807) is 4.90 Å². The van der Waals surface area contributed by atoms with Gasteiger partial charge < -0.3 is 10.2 Å². The Bertz CT molecular complexity index is 330. The molecule has 0 radical (unpaired) electrons. The monoisotopic (exact) mass is 238 g/mol. The molecule has 0 heterocycles. The summed E-state index contributed by atoms with van der Waals surface area (Å²) in [5.41, 5.74) is -0.635. The van der Waals surface area contributed by atoms with Crippen molar-refractivity contribution in [2.75, 3.05) is 0 Å². The Kier molecular flexibility index (Phi) is 3.96. The van der Waals surface area contributed by atoms with Crippen LogP contribution in [0.4, 0.5) is 0 Å². The van der Waals surface area contributed by atoms with Gasteiger partial charge in [-0.25, -0.2) is 0 Å². The van der Waals surface area contributed by atoms with E-state index < -0.39 is 5.54 Å². The van der Waals surface area contributed by atoms with E-state index in [0.29, 0.717) is 0 Å². The van der Waals surface area contributed by atoms with Crippen LogP contribution < -0.4 is 5.32 Å². The highest BCUT2D eigenvalue weighted by atomic mass is 16.2. The van der Waals surface area contributed by atoms with E-state index >= 15 is 0 Å². The fraction of sp³-hybridized carbons (Fsp3) is 0.692. The van der Waals surface area contributed by atoms with Gasteiger partial charge in [-0.05, 0) is 46.6 Å². The predicted molar refractivity (Wildman–Crippen MR) is 67.4 cm³/mol. The van der Waals surface area contributed by atoms with Gasteiger partial charge in [0.1, 0.15) is 5.54 Å². The molecular weight excluding hydrogens is 216 g/mol. The molecule has 2 amide bonds. The summed E-state index contributed by atoms with van der Waals surface area (Å²) < 4.78 is 0. The number of nitrogens with one attached hydrogen (secondary N) is 1. The number of rotatable bonds is 5. The van der Waals surface area contributed by atoms with Gasteiger partial charge in [0.2, 0.25) is 11.8 Å². The summed E-state index contributed by atoms with van der Waals surface area (Å²) in [6.45, 7) is 11.2. The number of nitrogens with zero attached hydrogens (tertiary/aromatic N) is 1. The molecular formula is C13H22N2O2. The van der Waals surface area contributed by atoms with E-state index in [1.165, 1.54) is 6.08 Å². The minimum absolute atomic E-state index is 0.000845. The molecule has 0 unspecified atom stereocenters. The van der Waals surface area contributed by atoms with Crippen LogP contribution >= 0.6 is 0 Å². The number of carbonyl (C=O) groups excluding carboxylic acids is 2. The van der Waals surface area contributed by atoms with Gasteiger partial charge in [0.25, 0.3) is 0 Å². The molecule has 0 spiro atoms. The second-order valence-corrected chi connectivity index (χ2v) is 5.17. The van der Waals surface area contributed by atoms with Crippen LogP contribution in [0, 0.1) is 0 Å². The van der Waals surface area contributed by atoms with Gasteiger partial charge in [0, 0.05) is 12.1 Å². The van der Waals surface area contributed by atoms with Crippen molar-refractivity contribution in [3.63, 3.8) is 0 Å². The Labute approximate surface area is 103 Å². The molecule has 1 saturated carbocycles. The van der Waals surface area contributed by atoms with Crippen molar-refractivity contribution in [3.05, 3.63) is 12.7 Å². The second-order valence-electron chi connectivity index (χ2n) is 5.17. The Hall–Kier alpha value is -1.32. The molecule has 0 bridgehead atoms. The Morgan fingerprint density at radius 2 is 1.82 bits per heavy atom. The van der Waals surface area contributed by atoms with E-state index in [4.69, 9.17) is 0 Å². The van der Waals surface area contributed by atoms with Crippen molar-refractivity contribution in [1.82, 2.24) is 10.2 Å². The highest BCUT2D eigenvalue weighted by molar-refractivity contribution is 5.97. The molecule has 96 valence electrons. The fourth-order valence-electron chi connectivity index (χ4n) is 2.15. The van der Waals surface area contributed by atoms with Crippen molar-refractivity contribution >= 4 is 11.8 Å². The summed E-state index contributed by atoms with van der Waals surface area (Å²) in [6.07, 6.45) is 2.76. The smallest absolute Gasteiger partial charge is 0.247 e. The summed E-state index contributed by atoms with van der Waals surface area (Å²) in [4.78, 5) is 25.7. The van der Waals surface area contributed by atoms with E-state index in [-0.39, 0.29) is 23.9 Å². The van der Waals surface area contributed by atoms with E-state index in [9.17, 15) is 9.59 Å². The molecule has 0 saturated heterocycles. The summed E-state index contributed by atoms with van der Waals surface area (Å²) in [5, 5.41) is 2.89. The van der Waals surface area contributed by atoms with Gasteiger partial charge in [-0.1, -0.05) is 6.58 Å².